The zero-order chi connectivity index (χ0) is 10.6. The largest absolute Gasteiger partial charge is 0.397 e. The number of aliphatic hydroxyl groups is 1. The Bertz CT molecular complexity index is 105. The van der Waals surface area contributed by atoms with Crippen LogP contribution in [-0.4, -0.2) is 47.8 Å². The molecule has 1 aliphatic rings. The second-order valence-corrected chi connectivity index (χ2v) is 4.70. The summed E-state index contributed by atoms with van der Waals surface area (Å²) in [5.74, 6) is 2.71. The Hall–Kier alpha value is 0.270. The summed E-state index contributed by atoms with van der Waals surface area (Å²) in [5, 5.41) is 7.57. The van der Waals surface area contributed by atoms with E-state index in [4.69, 9.17) is 5.11 Å². The maximum absolute atomic E-state index is 7.57. The van der Waals surface area contributed by atoms with Gasteiger partial charge in [-0.25, -0.2) is 0 Å². The molecule has 0 aromatic heterocycles. The summed E-state index contributed by atoms with van der Waals surface area (Å²) in [7, 11) is 0. The fourth-order valence-electron chi connectivity index (χ4n) is 1.41. The van der Waals surface area contributed by atoms with Crippen molar-refractivity contribution in [2.24, 2.45) is 0 Å². The molecule has 3 heteroatoms. The molecule has 1 rings (SSSR count). The molecule has 1 heterocycles. The molecule has 2 nitrogen and oxygen atoms in total. The topological polar surface area (TPSA) is 23.5 Å². The van der Waals surface area contributed by atoms with Gasteiger partial charge in [-0.05, 0) is 19.9 Å². The van der Waals surface area contributed by atoms with Gasteiger partial charge in [-0.3, -0.25) is 0 Å². The number of hydrogen-bond acceptors (Lipinski definition) is 3. The second-order valence-electron chi connectivity index (χ2n) is 3.48. The molecule has 0 bridgehead atoms. The van der Waals surface area contributed by atoms with Crippen molar-refractivity contribution in [3.63, 3.8) is 0 Å². The van der Waals surface area contributed by atoms with E-state index in [-0.39, 0.29) is 6.61 Å². The molecule has 0 aliphatic carbocycles. The average molecular weight is 219 g/mol. The highest BCUT2D eigenvalue weighted by molar-refractivity contribution is 7.99. The highest BCUT2D eigenvalue weighted by Gasteiger charge is 2.08. The second kappa shape index (κ2) is 11.3. The lowest BCUT2D eigenvalue weighted by molar-refractivity contribution is 0.295. The monoisotopic (exact) mass is 219 g/mol. The molecule has 0 aromatic rings. The van der Waals surface area contributed by atoms with Crippen molar-refractivity contribution in [2.75, 3.05) is 37.7 Å². The lowest BCUT2D eigenvalue weighted by atomic mass is 10.2. The highest BCUT2D eigenvalue weighted by atomic mass is 32.2. The quantitative estimate of drug-likeness (QED) is 0.734. The zero-order valence-electron chi connectivity index (χ0n) is 9.67. The molecule has 0 radical (unpaired) electrons. The standard InChI is InChI=1S/C9H19NS.C2H6O/c1-2-3-4-5-10-6-8-11-9-7-10;1-2-3/h2-9H2,1H3;3H,2H2,1H3. The number of rotatable bonds is 4. The first-order chi connectivity index (χ1) is 6.85. The number of thioether (sulfide) groups is 1. The van der Waals surface area contributed by atoms with Gasteiger partial charge in [0.1, 0.15) is 0 Å². The van der Waals surface area contributed by atoms with E-state index in [0.29, 0.717) is 0 Å². The van der Waals surface area contributed by atoms with E-state index in [2.05, 4.69) is 23.6 Å². The number of nitrogens with zero attached hydrogens (tertiary/aromatic N) is 1. The Morgan fingerprint density at radius 2 is 1.71 bits per heavy atom. The van der Waals surface area contributed by atoms with E-state index in [1.54, 1.807) is 6.92 Å². The fraction of sp³-hybridized carbons (Fsp3) is 1.00. The molecule has 0 atom stereocenters. The van der Waals surface area contributed by atoms with Crippen LogP contribution in [0.3, 0.4) is 0 Å². The normalized spacial score (nSPS) is 17.4. The molecule has 0 unspecified atom stereocenters. The van der Waals surface area contributed by atoms with Crippen LogP contribution in [0.15, 0.2) is 0 Å². The van der Waals surface area contributed by atoms with E-state index < -0.39 is 0 Å². The highest BCUT2D eigenvalue weighted by Crippen LogP contribution is 2.09. The van der Waals surface area contributed by atoms with Crippen LogP contribution in [0, 0.1) is 0 Å². The third-order valence-corrected chi connectivity index (χ3v) is 3.12. The third kappa shape index (κ3) is 8.85. The van der Waals surface area contributed by atoms with Gasteiger partial charge in [0.2, 0.25) is 0 Å². The van der Waals surface area contributed by atoms with Gasteiger partial charge in [-0.1, -0.05) is 19.8 Å². The van der Waals surface area contributed by atoms with Crippen molar-refractivity contribution < 1.29 is 5.11 Å². The predicted molar refractivity (Wildman–Crippen MR) is 66.0 cm³/mol. The van der Waals surface area contributed by atoms with Crippen LogP contribution in [0.2, 0.25) is 0 Å². The van der Waals surface area contributed by atoms with Crippen LogP contribution in [0.25, 0.3) is 0 Å². The molecule has 1 N–H and O–H groups in total. The molecular weight excluding hydrogens is 194 g/mol. The Morgan fingerprint density at radius 3 is 2.21 bits per heavy atom. The van der Waals surface area contributed by atoms with E-state index in [9.17, 15) is 0 Å². The SMILES string of the molecule is CCCCCN1CCSCC1.CCO. The van der Waals surface area contributed by atoms with E-state index in [1.165, 1.54) is 50.4 Å². The van der Waals surface area contributed by atoms with Gasteiger partial charge in [0.25, 0.3) is 0 Å². The van der Waals surface area contributed by atoms with Crippen LogP contribution in [0.5, 0.6) is 0 Å². The summed E-state index contributed by atoms with van der Waals surface area (Å²) in [6.45, 7) is 8.20. The molecule has 14 heavy (non-hydrogen) atoms. The Labute approximate surface area is 93.1 Å². The minimum absolute atomic E-state index is 0.250. The molecule has 0 amide bonds. The minimum atomic E-state index is 0.250. The van der Waals surface area contributed by atoms with Crippen LogP contribution >= 0.6 is 11.8 Å². The van der Waals surface area contributed by atoms with Crippen molar-refractivity contribution in [1.29, 1.82) is 0 Å². The minimum Gasteiger partial charge on any atom is -0.397 e. The summed E-state index contributed by atoms with van der Waals surface area (Å²) in [5.41, 5.74) is 0. The van der Waals surface area contributed by atoms with Gasteiger partial charge in [0.15, 0.2) is 0 Å². The fourth-order valence-corrected chi connectivity index (χ4v) is 2.39. The lowest BCUT2D eigenvalue weighted by Gasteiger charge is -2.25. The van der Waals surface area contributed by atoms with E-state index in [1.807, 2.05) is 0 Å². The molecule has 1 fully saturated rings. The molecule has 0 aromatic carbocycles. The Kier molecular flexibility index (Phi) is 11.6. The first-order valence-corrected chi connectivity index (χ1v) is 6.91. The third-order valence-electron chi connectivity index (χ3n) is 2.18. The molecular formula is C11H25NOS. The molecule has 86 valence electrons. The molecule has 0 saturated carbocycles. The van der Waals surface area contributed by atoms with Crippen molar-refractivity contribution in [3.8, 4) is 0 Å². The van der Waals surface area contributed by atoms with Gasteiger partial charge in [-0.15, -0.1) is 0 Å². The predicted octanol–water partition coefficient (Wildman–Crippen LogP) is 2.22. The summed E-state index contributed by atoms with van der Waals surface area (Å²) in [6, 6.07) is 0. The van der Waals surface area contributed by atoms with E-state index in [0.717, 1.165) is 0 Å². The van der Waals surface area contributed by atoms with E-state index >= 15 is 0 Å². The van der Waals surface area contributed by atoms with Crippen LogP contribution < -0.4 is 0 Å². The van der Waals surface area contributed by atoms with Crippen LogP contribution in [-0.2, 0) is 0 Å². The summed E-state index contributed by atoms with van der Waals surface area (Å²) in [6.07, 6.45) is 4.16. The summed E-state index contributed by atoms with van der Waals surface area (Å²) >= 11 is 2.10. The zero-order valence-corrected chi connectivity index (χ0v) is 10.5. The van der Waals surface area contributed by atoms with Gasteiger partial charge in [0.05, 0.1) is 0 Å². The maximum Gasteiger partial charge on any atom is 0.0402 e. The van der Waals surface area contributed by atoms with Gasteiger partial charge >= 0.3 is 0 Å². The van der Waals surface area contributed by atoms with Gasteiger partial charge in [-0.2, -0.15) is 11.8 Å². The molecule has 0 spiro atoms. The van der Waals surface area contributed by atoms with Gasteiger partial charge < -0.3 is 10.0 Å². The molecule has 1 aliphatic heterocycles. The van der Waals surface area contributed by atoms with Crippen molar-refractivity contribution in [2.45, 2.75) is 33.1 Å². The van der Waals surface area contributed by atoms with Crippen molar-refractivity contribution >= 4 is 11.8 Å². The van der Waals surface area contributed by atoms with Crippen LogP contribution in [0.1, 0.15) is 33.1 Å². The van der Waals surface area contributed by atoms with Crippen molar-refractivity contribution in [1.82, 2.24) is 4.90 Å². The number of aliphatic hydroxyl groups excluding tert-OH is 1. The maximum atomic E-state index is 7.57. The first kappa shape index (κ1) is 14.3. The van der Waals surface area contributed by atoms with Crippen LogP contribution in [0.4, 0.5) is 0 Å². The molecule has 1 saturated heterocycles. The first-order valence-electron chi connectivity index (χ1n) is 5.76. The van der Waals surface area contributed by atoms with Crippen molar-refractivity contribution in [3.05, 3.63) is 0 Å². The summed E-state index contributed by atoms with van der Waals surface area (Å²) in [4.78, 5) is 2.60. The summed E-state index contributed by atoms with van der Waals surface area (Å²) < 4.78 is 0. The average Bonchev–Trinajstić information content (AvgIpc) is 2.21. The smallest absolute Gasteiger partial charge is 0.0402 e. The number of unbranched alkanes of at least 4 members (excludes halogenated alkanes) is 2. The lowest BCUT2D eigenvalue weighted by Crippen LogP contribution is -2.33. The Morgan fingerprint density at radius 1 is 1.14 bits per heavy atom. The Balaban J connectivity index is 0.000000500. The number of hydrogen-bond donors (Lipinski definition) is 1. The van der Waals surface area contributed by atoms with Gasteiger partial charge in [0, 0.05) is 31.2 Å².